The molecule has 0 atom stereocenters. The SMILES string of the molecule is CC(C)c1cc(Cl)nc(Cc2nc3ccccc3[nH]2)n1. The smallest absolute Gasteiger partial charge is 0.137 e. The molecule has 102 valence electrons. The zero-order valence-electron chi connectivity index (χ0n) is 11.4. The maximum absolute atomic E-state index is 6.06. The molecule has 0 spiro atoms. The van der Waals surface area contributed by atoms with Gasteiger partial charge in [0.05, 0.1) is 17.5 Å². The van der Waals surface area contributed by atoms with E-state index in [0.717, 1.165) is 22.6 Å². The van der Waals surface area contributed by atoms with Gasteiger partial charge >= 0.3 is 0 Å². The van der Waals surface area contributed by atoms with Gasteiger partial charge in [0.1, 0.15) is 16.8 Å². The Morgan fingerprint density at radius 3 is 2.70 bits per heavy atom. The first-order chi connectivity index (χ1) is 9.61. The number of hydrogen-bond donors (Lipinski definition) is 1. The second-order valence-electron chi connectivity index (χ2n) is 5.06. The van der Waals surface area contributed by atoms with E-state index in [1.54, 1.807) is 0 Å². The van der Waals surface area contributed by atoms with Crippen LogP contribution in [0.25, 0.3) is 11.0 Å². The number of rotatable bonds is 3. The van der Waals surface area contributed by atoms with Gasteiger partial charge in [-0.1, -0.05) is 37.6 Å². The number of aromatic amines is 1. The number of H-pyrrole nitrogens is 1. The number of hydrogen-bond acceptors (Lipinski definition) is 3. The van der Waals surface area contributed by atoms with Gasteiger partial charge in [0.2, 0.25) is 0 Å². The lowest BCUT2D eigenvalue weighted by molar-refractivity contribution is 0.786. The van der Waals surface area contributed by atoms with Gasteiger partial charge in [-0.05, 0) is 24.1 Å². The highest BCUT2D eigenvalue weighted by Crippen LogP contribution is 2.17. The summed E-state index contributed by atoms with van der Waals surface area (Å²) in [6.45, 7) is 4.17. The molecule has 0 aliphatic heterocycles. The summed E-state index contributed by atoms with van der Waals surface area (Å²) in [4.78, 5) is 16.6. The highest BCUT2D eigenvalue weighted by Gasteiger charge is 2.09. The molecule has 0 aliphatic rings. The number of nitrogens with one attached hydrogen (secondary N) is 1. The highest BCUT2D eigenvalue weighted by molar-refractivity contribution is 6.29. The summed E-state index contributed by atoms with van der Waals surface area (Å²) in [5, 5.41) is 0.481. The van der Waals surface area contributed by atoms with Gasteiger partial charge in [0.25, 0.3) is 0 Å². The molecule has 20 heavy (non-hydrogen) atoms. The van der Waals surface area contributed by atoms with Crippen LogP contribution in [0.15, 0.2) is 30.3 Å². The van der Waals surface area contributed by atoms with E-state index in [1.165, 1.54) is 0 Å². The molecule has 0 saturated heterocycles. The van der Waals surface area contributed by atoms with Crippen LogP contribution in [0.4, 0.5) is 0 Å². The highest BCUT2D eigenvalue weighted by atomic mass is 35.5. The molecule has 5 heteroatoms. The van der Waals surface area contributed by atoms with Crippen molar-refractivity contribution in [2.24, 2.45) is 0 Å². The van der Waals surface area contributed by atoms with Crippen molar-refractivity contribution in [1.82, 2.24) is 19.9 Å². The maximum atomic E-state index is 6.06. The van der Waals surface area contributed by atoms with Crippen LogP contribution < -0.4 is 0 Å². The van der Waals surface area contributed by atoms with E-state index in [9.17, 15) is 0 Å². The van der Waals surface area contributed by atoms with Crippen LogP contribution in [-0.2, 0) is 6.42 Å². The zero-order chi connectivity index (χ0) is 14.1. The summed E-state index contributed by atoms with van der Waals surface area (Å²) in [6, 6.07) is 9.75. The van der Waals surface area contributed by atoms with Crippen molar-refractivity contribution in [2.45, 2.75) is 26.2 Å². The number of imidazole rings is 1. The predicted octanol–water partition coefficient (Wildman–Crippen LogP) is 3.72. The first kappa shape index (κ1) is 13.1. The Balaban J connectivity index is 1.94. The van der Waals surface area contributed by atoms with Gasteiger partial charge in [0, 0.05) is 5.69 Å². The lowest BCUT2D eigenvalue weighted by atomic mass is 10.1. The van der Waals surface area contributed by atoms with E-state index in [4.69, 9.17) is 11.6 Å². The average molecular weight is 287 g/mol. The largest absolute Gasteiger partial charge is 0.342 e. The number of fused-ring (bicyclic) bond motifs is 1. The van der Waals surface area contributed by atoms with Gasteiger partial charge in [-0.3, -0.25) is 0 Å². The minimum Gasteiger partial charge on any atom is -0.342 e. The molecule has 1 N–H and O–H groups in total. The molecule has 0 radical (unpaired) electrons. The molecule has 0 bridgehead atoms. The molecule has 3 rings (SSSR count). The molecule has 0 aliphatic carbocycles. The third-order valence-electron chi connectivity index (χ3n) is 3.12. The van der Waals surface area contributed by atoms with Crippen molar-refractivity contribution in [1.29, 1.82) is 0 Å². The molecule has 0 saturated carbocycles. The molecule has 1 aromatic carbocycles. The molecule has 2 aromatic heterocycles. The van der Waals surface area contributed by atoms with Crippen molar-refractivity contribution in [3.8, 4) is 0 Å². The fourth-order valence-corrected chi connectivity index (χ4v) is 2.31. The van der Waals surface area contributed by atoms with Crippen molar-refractivity contribution < 1.29 is 0 Å². The summed E-state index contributed by atoms with van der Waals surface area (Å²) < 4.78 is 0. The van der Waals surface area contributed by atoms with Crippen LogP contribution in [0.5, 0.6) is 0 Å². The minimum atomic E-state index is 0.324. The number of halogens is 1. The van der Waals surface area contributed by atoms with Crippen LogP contribution in [0.2, 0.25) is 5.15 Å². The van der Waals surface area contributed by atoms with E-state index in [2.05, 4.69) is 33.8 Å². The summed E-state index contributed by atoms with van der Waals surface area (Å²) in [6.07, 6.45) is 0.551. The van der Waals surface area contributed by atoms with Crippen LogP contribution >= 0.6 is 11.6 Å². The van der Waals surface area contributed by atoms with E-state index < -0.39 is 0 Å². The number of benzene rings is 1. The third kappa shape index (κ3) is 2.65. The fourth-order valence-electron chi connectivity index (χ4n) is 2.10. The zero-order valence-corrected chi connectivity index (χ0v) is 12.1. The van der Waals surface area contributed by atoms with Crippen molar-refractivity contribution in [3.05, 3.63) is 52.8 Å². The molecule has 2 heterocycles. The number of nitrogens with zero attached hydrogens (tertiary/aromatic N) is 3. The lowest BCUT2D eigenvalue weighted by Gasteiger charge is -2.06. The molecular formula is C15H15ClN4. The number of aromatic nitrogens is 4. The van der Waals surface area contributed by atoms with Gasteiger partial charge in [-0.15, -0.1) is 0 Å². The minimum absolute atomic E-state index is 0.324. The fraction of sp³-hybridized carbons (Fsp3) is 0.267. The van der Waals surface area contributed by atoms with Gasteiger partial charge in [0.15, 0.2) is 0 Å². The number of para-hydroxylation sites is 2. The topological polar surface area (TPSA) is 54.5 Å². The normalized spacial score (nSPS) is 11.4. The quantitative estimate of drug-likeness (QED) is 0.747. The summed E-state index contributed by atoms with van der Waals surface area (Å²) >= 11 is 6.06. The van der Waals surface area contributed by atoms with Gasteiger partial charge < -0.3 is 4.98 Å². The van der Waals surface area contributed by atoms with Crippen LogP contribution in [0.1, 0.15) is 37.1 Å². The molecule has 0 amide bonds. The van der Waals surface area contributed by atoms with Crippen molar-refractivity contribution >= 4 is 22.6 Å². The molecule has 4 nitrogen and oxygen atoms in total. The Bertz CT molecular complexity index is 715. The Hall–Kier alpha value is -1.94. The van der Waals surface area contributed by atoms with Crippen molar-refractivity contribution in [3.63, 3.8) is 0 Å². The average Bonchev–Trinajstić information content (AvgIpc) is 2.79. The monoisotopic (exact) mass is 286 g/mol. The first-order valence-corrected chi connectivity index (χ1v) is 6.96. The predicted molar refractivity (Wildman–Crippen MR) is 80.0 cm³/mol. The van der Waals surface area contributed by atoms with E-state index in [-0.39, 0.29) is 0 Å². The second-order valence-corrected chi connectivity index (χ2v) is 5.45. The van der Waals surface area contributed by atoms with Gasteiger partial charge in [-0.2, -0.15) is 0 Å². The summed E-state index contributed by atoms with van der Waals surface area (Å²) in [5.41, 5.74) is 2.93. The first-order valence-electron chi connectivity index (χ1n) is 6.59. The molecular weight excluding hydrogens is 272 g/mol. The van der Waals surface area contributed by atoms with Crippen LogP contribution in [0.3, 0.4) is 0 Å². The van der Waals surface area contributed by atoms with Crippen LogP contribution in [-0.4, -0.2) is 19.9 Å². The Morgan fingerprint density at radius 1 is 1.15 bits per heavy atom. The molecule has 3 aromatic rings. The Morgan fingerprint density at radius 2 is 1.95 bits per heavy atom. The molecule has 0 fully saturated rings. The van der Waals surface area contributed by atoms with E-state index in [0.29, 0.717) is 23.3 Å². The van der Waals surface area contributed by atoms with Crippen LogP contribution in [0, 0.1) is 0 Å². The van der Waals surface area contributed by atoms with Crippen molar-refractivity contribution in [2.75, 3.05) is 0 Å². The van der Waals surface area contributed by atoms with E-state index >= 15 is 0 Å². The Labute approximate surface area is 122 Å². The van der Waals surface area contributed by atoms with E-state index in [1.807, 2.05) is 30.3 Å². The third-order valence-corrected chi connectivity index (χ3v) is 3.31. The summed E-state index contributed by atoms with van der Waals surface area (Å²) in [5.74, 6) is 1.87. The summed E-state index contributed by atoms with van der Waals surface area (Å²) in [7, 11) is 0. The Kier molecular flexibility index (Phi) is 3.40. The molecule has 0 unspecified atom stereocenters. The second kappa shape index (κ2) is 5.21. The van der Waals surface area contributed by atoms with Gasteiger partial charge in [-0.25, -0.2) is 15.0 Å². The standard InChI is InChI=1S/C15H15ClN4/c1-9(2)12-7-13(16)20-15(19-12)8-14-17-10-5-3-4-6-11(10)18-14/h3-7,9H,8H2,1-2H3,(H,17,18). The lowest BCUT2D eigenvalue weighted by Crippen LogP contribution is -2.03. The maximum Gasteiger partial charge on any atom is 0.137 e.